The second kappa shape index (κ2) is 5.49. The third-order valence-corrected chi connectivity index (χ3v) is 2.49. The van der Waals surface area contributed by atoms with Gasteiger partial charge in [-0.3, -0.25) is 4.79 Å². The molecule has 0 fully saturated rings. The van der Waals surface area contributed by atoms with Gasteiger partial charge in [-0.1, -0.05) is 19.9 Å². The maximum atomic E-state index is 11.5. The normalized spacial score (nSPS) is 12.7. The molecule has 0 aliphatic rings. The van der Waals surface area contributed by atoms with E-state index in [0.29, 0.717) is 12.3 Å². The van der Waals surface area contributed by atoms with Crippen molar-refractivity contribution < 1.29 is 9.90 Å². The number of aromatic nitrogens is 1. The van der Waals surface area contributed by atoms with Gasteiger partial charge in [0.1, 0.15) is 6.04 Å². The van der Waals surface area contributed by atoms with Crippen molar-refractivity contribution in [2.75, 3.05) is 0 Å². The SMILES string of the molecule is CC(C)CC[C@@H](C(=O)O)n1ccccc1=O. The van der Waals surface area contributed by atoms with Gasteiger partial charge in [0.25, 0.3) is 5.56 Å². The zero-order valence-electron chi connectivity index (χ0n) is 9.59. The van der Waals surface area contributed by atoms with Gasteiger partial charge in [0.15, 0.2) is 0 Å². The van der Waals surface area contributed by atoms with Crippen LogP contribution in [0.4, 0.5) is 0 Å². The monoisotopic (exact) mass is 223 g/mol. The van der Waals surface area contributed by atoms with E-state index in [0.717, 1.165) is 6.42 Å². The summed E-state index contributed by atoms with van der Waals surface area (Å²) in [5, 5.41) is 9.10. The van der Waals surface area contributed by atoms with Crippen molar-refractivity contribution in [1.82, 2.24) is 4.57 Å². The molecule has 4 heteroatoms. The highest BCUT2D eigenvalue weighted by atomic mass is 16.4. The van der Waals surface area contributed by atoms with Crippen molar-refractivity contribution in [1.29, 1.82) is 0 Å². The number of pyridine rings is 1. The largest absolute Gasteiger partial charge is 0.480 e. The summed E-state index contributed by atoms with van der Waals surface area (Å²) in [6.07, 6.45) is 2.80. The van der Waals surface area contributed by atoms with Gasteiger partial charge in [0, 0.05) is 12.3 Å². The maximum Gasteiger partial charge on any atom is 0.326 e. The molecule has 1 aromatic rings. The fourth-order valence-electron chi connectivity index (χ4n) is 1.57. The van der Waals surface area contributed by atoms with Crippen molar-refractivity contribution >= 4 is 5.97 Å². The van der Waals surface area contributed by atoms with E-state index in [4.69, 9.17) is 5.11 Å². The fourth-order valence-corrected chi connectivity index (χ4v) is 1.57. The Morgan fingerprint density at radius 3 is 2.56 bits per heavy atom. The summed E-state index contributed by atoms with van der Waals surface area (Å²) >= 11 is 0. The lowest BCUT2D eigenvalue weighted by molar-refractivity contribution is -0.141. The second-order valence-electron chi connectivity index (χ2n) is 4.27. The summed E-state index contributed by atoms with van der Waals surface area (Å²) in [7, 11) is 0. The number of aliphatic carboxylic acids is 1. The molecule has 1 rings (SSSR count). The van der Waals surface area contributed by atoms with E-state index in [9.17, 15) is 9.59 Å². The molecule has 16 heavy (non-hydrogen) atoms. The molecule has 0 aromatic carbocycles. The lowest BCUT2D eigenvalue weighted by Gasteiger charge is -2.16. The highest BCUT2D eigenvalue weighted by Crippen LogP contribution is 2.16. The molecule has 88 valence electrons. The van der Waals surface area contributed by atoms with E-state index >= 15 is 0 Å². The summed E-state index contributed by atoms with van der Waals surface area (Å²) in [6, 6.07) is 3.91. The lowest BCUT2D eigenvalue weighted by atomic mass is 10.0. The van der Waals surface area contributed by atoms with Crippen LogP contribution in [0.1, 0.15) is 32.7 Å². The first-order valence-electron chi connectivity index (χ1n) is 5.42. The summed E-state index contributed by atoms with van der Waals surface area (Å²) < 4.78 is 1.28. The van der Waals surface area contributed by atoms with Crippen LogP contribution >= 0.6 is 0 Å². The van der Waals surface area contributed by atoms with Crippen LogP contribution in [0.2, 0.25) is 0 Å². The van der Waals surface area contributed by atoms with Gasteiger partial charge in [0.05, 0.1) is 0 Å². The van der Waals surface area contributed by atoms with E-state index in [1.54, 1.807) is 12.1 Å². The number of carboxylic acid groups (broad SMARTS) is 1. The van der Waals surface area contributed by atoms with Crippen LogP contribution in [0.3, 0.4) is 0 Å². The van der Waals surface area contributed by atoms with Crippen molar-refractivity contribution in [3.05, 3.63) is 34.7 Å². The standard InChI is InChI=1S/C12H17NO3/c1-9(2)6-7-10(12(15)16)13-8-4-3-5-11(13)14/h3-5,8-10H,6-7H2,1-2H3,(H,15,16)/t10-/m0/s1. The molecule has 1 aromatic heterocycles. The molecule has 0 unspecified atom stereocenters. The van der Waals surface area contributed by atoms with Gasteiger partial charge in [0.2, 0.25) is 0 Å². The molecule has 1 heterocycles. The topological polar surface area (TPSA) is 59.3 Å². The minimum Gasteiger partial charge on any atom is -0.480 e. The smallest absolute Gasteiger partial charge is 0.326 e. The number of nitrogens with zero attached hydrogens (tertiary/aromatic N) is 1. The van der Waals surface area contributed by atoms with Crippen LogP contribution in [-0.4, -0.2) is 15.6 Å². The van der Waals surface area contributed by atoms with E-state index in [1.807, 2.05) is 13.8 Å². The summed E-state index contributed by atoms with van der Waals surface area (Å²) in [6.45, 7) is 4.07. The first kappa shape index (κ1) is 12.5. The first-order valence-corrected chi connectivity index (χ1v) is 5.42. The average molecular weight is 223 g/mol. The molecular weight excluding hydrogens is 206 g/mol. The summed E-state index contributed by atoms with van der Waals surface area (Å²) in [4.78, 5) is 22.6. The third-order valence-electron chi connectivity index (χ3n) is 2.49. The molecular formula is C12H17NO3. The Kier molecular flexibility index (Phi) is 4.28. The van der Waals surface area contributed by atoms with Gasteiger partial charge < -0.3 is 9.67 Å². The highest BCUT2D eigenvalue weighted by molar-refractivity contribution is 5.71. The first-order chi connectivity index (χ1) is 7.52. The minimum atomic E-state index is -0.950. The van der Waals surface area contributed by atoms with E-state index < -0.39 is 12.0 Å². The number of rotatable bonds is 5. The van der Waals surface area contributed by atoms with Gasteiger partial charge in [-0.25, -0.2) is 4.79 Å². The quantitative estimate of drug-likeness (QED) is 0.829. The lowest BCUT2D eigenvalue weighted by Crippen LogP contribution is -2.29. The van der Waals surface area contributed by atoms with Crippen LogP contribution in [-0.2, 0) is 4.79 Å². The maximum absolute atomic E-state index is 11.5. The van der Waals surface area contributed by atoms with Crippen LogP contribution in [0.15, 0.2) is 29.2 Å². The Morgan fingerprint density at radius 2 is 2.06 bits per heavy atom. The minimum absolute atomic E-state index is 0.265. The number of carboxylic acids is 1. The van der Waals surface area contributed by atoms with Gasteiger partial charge in [-0.15, -0.1) is 0 Å². The third kappa shape index (κ3) is 3.22. The molecule has 0 spiro atoms. The number of carbonyl (C=O) groups is 1. The van der Waals surface area contributed by atoms with E-state index in [-0.39, 0.29) is 5.56 Å². The Bertz CT molecular complexity index is 409. The molecule has 0 aliphatic heterocycles. The van der Waals surface area contributed by atoms with Crippen molar-refractivity contribution in [3.63, 3.8) is 0 Å². The van der Waals surface area contributed by atoms with Crippen LogP contribution < -0.4 is 5.56 Å². The molecule has 0 radical (unpaired) electrons. The molecule has 0 saturated carbocycles. The highest BCUT2D eigenvalue weighted by Gasteiger charge is 2.19. The zero-order valence-corrected chi connectivity index (χ0v) is 9.59. The Labute approximate surface area is 94.5 Å². The molecule has 0 aliphatic carbocycles. The zero-order chi connectivity index (χ0) is 12.1. The predicted octanol–water partition coefficient (Wildman–Crippen LogP) is 1.91. The van der Waals surface area contributed by atoms with E-state index in [2.05, 4.69) is 0 Å². The Balaban J connectivity index is 2.90. The molecule has 0 amide bonds. The Morgan fingerprint density at radius 1 is 1.38 bits per heavy atom. The molecule has 4 nitrogen and oxygen atoms in total. The average Bonchev–Trinajstić information content (AvgIpc) is 2.20. The van der Waals surface area contributed by atoms with Gasteiger partial charge in [-0.2, -0.15) is 0 Å². The summed E-state index contributed by atoms with van der Waals surface area (Å²) in [5.41, 5.74) is -0.265. The Hall–Kier alpha value is -1.58. The molecule has 0 bridgehead atoms. The van der Waals surface area contributed by atoms with Crippen molar-refractivity contribution in [3.8, 4) is 0 Å². The van der Waals surface area contributed by atoms with E-state index in [1.165, 1.54) is 16.8 Å². The fraction of sp³-hybridized carbons (Fsp3) is 0.500. The van der Waals surface area contributed by atoms with Crippen molar-refractivity contribution in [2.45, 2.75) is 32.7 Å². The van der Waals surface area contributed by atoms with Crippen molar-refractivity contribution in [2.24, 2.45) is 5.92 Å². The van der Waals surface area contributed by atoms with Gasteiger partial charge >= 0.3 is 5.97 Å². The van der Waals surface area contributed by atoms with Crippen LogP contribution in [0, 0.1) is 5.92 Å². The molecule has 0 saturated heterocycles. The molecule has 1 N–H and O–H groups in total. The predicted molar refractivity (Wildman–Crippen MR) is 61.4 cm³/mol. The van der Waals surface area contributed by atoms with Gasteiger partial charge in [-0.05, 0) is 24.8 Å². The van der Waals surface area contributed by atoms with Crippen LogP contribution in [0.5, 0.6) is 0 Å². The second-order valence-corrected chi connectivity index (χ2v) is 4.27. The number of hydrogen-bond acceptors (Lipinski definition) is 2. The number of hydrogen-bond donors (Lipinski definition) is 1. The van der Waals surface area contributed by atoms with Crippen LogP contribution in [0.25, 0.3) is 0 Å². The summed E-state index contributed by atoms with van der Waals surface area (Å²) in [5.74, 6) is -0.518. The molecule has 1 atom stereocenters.